The molecule has 1 heterocycles. The molecule has 1 unspecified atom stereocenters. The SMILES string of the molecule is COc1ccccc1[C@@H](O)[C@@H]1N=C2C(OC1=O)[C@H]1CC[C@]2(C)C1(C)C. The zero-order valence-electron chi connectivity index (χ0n) is 15.2. The highest BCUT2D eigenvalue weighted by Crippen LogP contribution is 2.65. The van der Waals surface area contributed by atoms with Gasteiger partial charge in [0, 0.05) is 16.9 Å². The third-order valence-corrected chi connectivity index (χ3v) is 7.02. The Morgan fingerprint density at radius 2 is 2.04 bits per heavy atom. The first-order valence-corrected chi connectivity index (χ1v) is 8.91. The zero-order chi connectivity index (χ0) is 18.0. The maximum absolute atomic E-state index is 12.6. The summed E-state index contributed by atoms with van der Waals surface area (Å²) in [4.78, 5) is 17.4. The van der Waals surface area contributed by atoms with Crippen molar-refractivity contribution in [2.45, 2.75) is 51.9 Å². The number of ether oxygens (including phenoxy) is 2. The van der Waals surface area contributed by atoms with Crippen molar-refractivity contribution in [1.82, 2.24) is 0 Å². The van der Waals surface area contributed by atoms with Crippen LogP contribution in [0.25, 0.3) is 0 Å². The molecule has 134 valence electrons. The molecule has 2 bridgehead atoms. The highest BCUT2D eigenvalue weighted by Gasteiger charge is 2.67. The number of carbonyl (C=O) groups excluding carboxylic acids is 1. The molecular weight excluding hydrogens is 318 g/mol. The smallest absolute Gasteiger partial charge is 0.334 e. The number of carbonyl (C=O) groups is 1. The van der Waals surface area contributed by atoms with Gasteiger partial charge in [-0.15, -0.1) is 0 Å². The first-order valence-electron chi connectivity index (χ1n) is 8.91. The Kier molecular flexibility index (Phi) is 3.52. The van der Waals surface area contributed by atoms with Gasteiger partial charge in [0.25, 0.3) is 0 Å². The van der Waals surface area contributed by atoms with Gasteiger partial charge in [0.2, 0.25) is 0 Å². The van der Waals surface area contributed by atoms with E-state index in [-0.39, 0.29) is 16.9 Å². The minimum absolute atomic E-state index is 0.0427. The minimum Gasteiger partial charge on any atom is -0.496 e. The Morgan fingerprint density at radius 1 is 1.32 bits per heavy atom. The molecule has 1 aromatic rings. The van der Waals surface area contributed by atoms with Crippen molar-refractivity contribution in [3.05, 3.63) is 29.8 Å². The van der Waals surface area contributed by atoms with Gasteiger partial charge in [-0.05, 0) is 24.3 Å². The average Bonchev–Trinajstić information content (AvgIpc) is 2.92. The highest BCUT2D eigenvalue weighted by atomic mass is 16.6. The van der Waals surface area contributed by atoms with Crippen LogP contribution in [0.2, 0.25) is 0 Å². The van der Waals surface area contributed by atoms with E-state index in [1.165, 1.54) is 0 Å². The molecule has 5 atom stereocenters. The zero-order valence-corrected chi connectivity index (χ0v) is 15.2. The van der Waals surface area contributed by atoms with Crippen LogP contribution in [-0.2, 0) is 9.53 Å². The highest BCUT2D eigenvalue weighted by molar-refractivity contribution is 6.03. The Labute approximate surface area is 148 Å². The van der Waals surface area contributed by atoms with Gasteiger partial charge in [-0.2, -0.15) is 0 Å². The maximum atomic E-state index is 12.6. The number of methoxy groups -OCH3 is 1. The van der Waals surface area contributed by atoms with Gasteiger partial charge in [0.15, 0.2) is 6.04 Å². The summed E-state index contributed by atoms with van der Waals surface area (Å²) in [7, 11) is 1.55. The second kappa shape index (κ2) is 5.31. The summed E-state index contributed by atoms with van der Waals surface area (Å²) >= 11 is 0. The fraction of sp³-hybridized carbons (Fsp3) is 0.600. The molecule has 1 N–H and O–H groups in total. The molecular formula is C20H25NO4. The second-order valence-corrected chi connectivity index (χ2v) is 8.20. The molecule has 1 aliphatic heterocycles. The lowest BCUT2D eigenvalue weighted by Gasteiger charge is -2.37. The van der Waals surface area contributed by atoms with Crippen molar-refractivity contribution in [3.63, 3.8) is 0 Å². The molecule has 2 fully saturated rings. The first-order chi connectivity index (χ1) is 11.8. The van der Waals surface area contributed by atoms with E-state index in [0.29, 0.717) is 17.2 Å². The van der Waals surface area contributed by atoms with Gasteiger partial charge in [-0.25, -0.2) is 4.79 Å². The van der Waals surface area contributed by atoms with Crippen LogP contribution in [0.15, 0.2) is 29.3 Å². The number of aliphatic hydroxyl groups is 1. The van der Waals surface area contributed by atoms with E-state index >= 15 is 0 Å². The van der Waals surface area contributed by atoms with Gasteiger partial charge in [0.1, 0.15) is 18.0 Å². The number of aliphatic imine (C=N–C) groups is 1. The molecule has 25 heavy (non-hydrogen) atoms. The monoisotopic (exact) mass is 343 g/mol. The van der Waals surface area contributed by atoms with E-state index in [1.54, 1.807) is 19.2 Å². The summed E-state index contributed by atoms with van der Waals surface area (Å²) in [6.45, 7) is 6.70. The van der Waals surface area contributed by atoms with Crippen LogP contribution >= 0.6 is 0 Å². The van der Waals surface area contributed by atoms with E-state index in [0.717, 1.165) is 18.6 Å². The van der Waals surface area contributed by atoms with Gasteiger partial charge in [0.05, 0.1) is 12.8 Å². The summed E-state index contributed by atoms with van der Waals surface area (Å²) in [5.41, 5.74) is 1.47. The molecule has 5 nitrogen and oxygen atoms in total. The fourth-order valence-electron chi connectivity index (χ4n) is 5.06. The van der Waals surface area contributed by atoms with Crippen LogP contribution in [0.1, 0.15) is 45.3 Å². The van der Waals surface area contributed by atoms with Crippen molar-refractivity contribution in [3.8, 4) is 5.75 Å². The number of esters is 1. The summed E-state index contributed by atoms with van der Waals surface area (Å²) in [6.07, 6.45) is 0.792. The number of benzene rings is 1. The van der Waals surface area contributed by atoms with Gasteiger partial charge in [-0.3, -0.25) is 4.99 Å². The molecule has 0 amide bonds. The average molecular weight is 343 g/mol. The van der Waals surface area contributed by atoms with Crippen molar-refractivity contribution >= 4 is 11.7 Å². The number of para-hydroxylation sites is 1. The lowest BCUT2D eigenvalue weighted by atomic mass is 9.70. The van der Waals surface area contributed by atoms with Crippen molar-refractivity contribution in [2.75, 3.05) is 7.11 Å². The van der Waals surface area contributed by atoms with Crippen LogP contribution in [-0.4, -0.2) is 36.0 Å². The van der Waals surface area contributed by atoms with Gasteiger partial charge in [-0.1, -0.05) is 39.0 Å². The Bertz CT molecular complexity index is 756. The molecule has 0 aromatic heterocycles. The summed E-state index contributed by atoms with van der Waals surface area (Å²) in [5.74, 6) is 0.410. The molecule has 2 aliphatic carbocycles. The lowest BCUT2D eigenvalue weighted by Crippen LogP contribution is -2.46. The standard InChI is InChI=1S/C20H25NO4/c1-19(2)12-9-10-20(19,3)17-16(12)25-18(23)14(21-17)15(22)11-7-5-6-8-13(11)24-4/h5-8,12,14-16,22H,9-10H2,1-4H3/t12-,14+,15-,16?,20+/m1/s1. The summed E-state index contributed by atoms with van der Waals surface area (Å²) in [5, 5.41) is 10.8. The molecule has 0 saturated heterocycles. The topological polar surface area (TPSA) is 68.1 Å². The predicted molar refractivity (Wildman–Crippen MR) is 93.7 cm³/mol. The first kappa shape index (κ1) is 16.6. The van der Waals surface area contributed by atoms with E-state index in [4.69, 9.17) is 14.5 Å². The van der Waals surface area contributed by atoms with Crippen molar-refractivity contribution in [2.24, 2.45) is 21.7 Å². The normalized spacial score (nSPS) is 36.4. The van der Waals surface area contributed by atoms with Gasteiger partial charge < -0.3 is 14.6 Å². The fourth-order valence-corrected chi connectivity index (χ4v) is 5.06. The molecule has 2 saturated carbocycles. The lowest BCUT2D eigenvalue weighted by molar-refractivity contribution is -0.154. The third kappa shape index (κ3) is 2.05. The minimum atomic E-state index is -1.08. The summed E-state index contributed by atoms with van der Waals surface area (Å²) in [6, 6.07) is 6.23. The molecule has 5 heteroatoms. The third-order valence-electron chi connectivity index (χ3n) is 7.02. The molecule has 0 radical (unpaired) electrons. The van der Waals surface area contributed by atoms with E-state index < -0.39 is 18.1 Å². The molecule has 1 aromatic carbocycles. The Morgan fingerprint density at radius 3 is 2.76 bits per heavy atom. The number of fused-ring (bicyclic) bond motifs is 5. The predicted octanol–water partition coefficient (Wildman–Crippen LogP) is 2.92. The van der Waals surface area contributed by atoms with Crippen molar-refractivity contribution < 1.29 is 19.4 Å². The van der Waals surface area contributed by atoms with Crippen LogP contribution < -0.4 is 4.74 Å². The Hall–Kier alpha value is -1.88. The number of aliphatic hydroxyl groups excluding tert-OH is 1. The summed E-state index contributed by atoms with van der Waals surface area (Å²) < 4.78 is 11.1. The van der Waals surface area contributed by atoms with Crippen molar-refractivity contribution in [1.29, 1.82) is 0 Å². The van der Waals surface area contributed by atoms with Crippen LogP contribution in [0.3, 0.4) is 0 Å². The van der Waals surface area contributed by atoms with Gasteiger partial charge >= 0.3 is 5.97 Å². The van der Waals surface area contributed by atoms with Crippen LogP contribution in [0.5, 0.6) is 5.75 Å². The van der Waals surface area contributed by atoms with E-state index in [9.17, 15) is 9.90 Å². The number of nitrogens with zero attached hydrogens (tertiary/aromatic N) is 1. The van der Waals surface area contributed by atoms with E-state index in [2.05, 4.69) is 20.8 Å². The second-order valence-electron chi connectivity index (χ2n) is 8.20. The van der Waals surface area contributed by atoms with Crippen LogP contribution in [0.4, 0.5) is 0 Å². The molecule has 3 aliphatic rings. The number of hydrogen-bond donors (Lipinski definition) is 1. The number of hydrogen-bond acceptors (Lipinski definition) is 5. The molecule has 4 rings (SSSR count). The maximum Gasteiger partial charge on any atom is 0.334 e. The Balaban J connectivity index is 1.74. The van der Waals surface area contributed by atoms with E-state index in [1.807, 2.05) is 12.1 Å². The number of rotatable bonds is 3. The van der Waals surface area contributed by atoms with Crippen LogP contribution in [0, 0.1) is 16.7 Å². The molecule has 0 spiro atoms. The largest absolute Gasteiger partial charge is 0.496 e. The quantitative estimate of drug-likeness (QED) is 0.857.